The van der Waals surface area contributed by atoms with Crippen LogP contribution in [0.2, 0.25) is 0 Å². The number of hydrogen-bond donors (Lipinski definition) is 0. The molecule has 0 spiro atoms. The molecule has 0 unspecified atom stereocenters. The van der Waals surface area contributed by atoms with E-state index in [1.54, 1.807) is 0 Å². The number of fused-ring (bicyclic) bond motifs is 6. The largest absolute Gasteiger partial charge is 0.0616 e. The van der Waals surface area contributed by atoms with Crippen LogP contribution in [0.25, 0.3) is 87.2 Å². The molecule has 9 aromatic rings. The second-order valence-corrected chi connectivity index (χ2v) is 13.3. The quantitative estimate of drug-likeness (QED) is 0.181. The Hall–Kier alpha value is -5.46. The van der Waals surface area contributed by atoms with Crippen molar-refractivity contribution >= 4 is 53.9 Å². The molecule has 0 radical (unpaired) electrons. The Morgan fingerprint density at radius 3 is 1.82 bits per heavy atom. The SMILES string of the molecule is CC1(C)c2ccc(-c3ccc4ccc5cccc6ccc3c4c56)cc2-c2c1ccc1c(-c3ccc4ccccc4c3)cccc21. The van der Waals surface area contributed by atoms with Gasteiger partial charge in [0.2, 0.25) is 0 Å². The molecule has 1 aliphatic carbocycles. The molecular weight excluding hydrogens is 540 g/mol. The summed E-state index contributed by atoms with van der Waals surface area (Å²) in [6.45, 7) is 4.76. The molecule has 0 saturated carbocycles. The van der Waals surface area contributed by atoms with E-state index in [0.29, 0.717) is 0 Å². The number of rotatable bonds is 2. The molecule has 0 bridgehead atoms. The Labute approximate surface area is 262 Å². The average molecular weight is 571 g/mol. The molecule has 45 heavy (non-hydrogen) atoms. The first-order valence-corrected chi connectivity index (χ1v) is 15.9. The molecule has 0 fully saturated rings. The van der Waals surface area contributed by atoms with Gasteiger partial charge in [-0.2, -0.15) is 0 Å². The van der Waals surface area contributed by atoms with Crippen LogP contribution in [0, 0.1) is 0 Å². The van der Waals surface area contributed by atoms with Gasteiger partial charge >= 0.3 is 0 Å². The van der Waals surface area contributed by atoms with E-state index >= 15 is 0 Å². The summed E-state index contributed by atoms with van der Waals surface area (Å²) in [6, 6.07) is 54.7. The fourth-order valence-electron chi connectivity index (χ4n) is 8.37. The van der Waals surface area contributed by atoms with Gasteiger partial charge in [0.05, 0.1) is 0 Å². The molecular formula is C45H30. The highest BCUT2D eigenvalue weighted by Crippen LogP contribution is 2.53. The average Bonchev–Trinajstić information content (AvgIpc) is 3.32. The maximum absolute atomic E-state index is 2.47. The lowest BCUT2D eigenvalue weighted by molar-refractivity contribution is 0.661. The molecule has 0 aromatic heterocycles. The van der Waals surface area contributed by atoms with Gasteiger partial charge < -0.3 is 0 Å². The summed E-state index contributed by atoms with van der Waals surface area (Å²) in [5.41, 5.74) is 10.6. The van der Waals surface area contributed by atoms with E-state index in [0.717, 1.165) is 0 Å². The Morgan fingerprint density at radius 1 is 0.356 bits per heavy atom. The van der Waals surface area contributed by atoms with Gasteiger partial charge in [-0.05, 0) is 111 Å². The van der Waals surface area contributed by atoms with Crippen LogP contribution in [0.5, 0.6) is 0 Å². The molecule has 0 saturated heterocycles. The number of hydrogen-bond acceptors (Lipinski definition) is 0. The third-order valence-electron chi connectivity index (χ3n) is 10.6. The summed E-state index contributed by atoms with van der Waals surface area (Å²) in [5, 5.41) is 13.2. The van der Waals surface area contributed by atoms with Crippen molar-refractivity contribution in [2.75, 3.05) is 0 Å². The van der Waals surface area contributed by atoms with Gasteiger partial charge in [0.15, 0.2) is 0 Å². The van der Waals surface area contributed by atoms with Crippen molar-refractivity contribution in [3.05, 3.63) is 157 Å². The summed E-state index contributed by atoms with van der Waals surface area (Å²) >= 11 is 0. The Balaban J connectivity index is 1.21. The van der Waals surface area contributed by atoms with Crippen molar-refractivity contribution < 1.29 is 0 Å². The lowest BCUT2D eigenvalue weighted by atomic mass is 9.81. The zero-order chi connectivity index (χ0) is 29.9. The van der Waals surface area contributed by atoms with Crippen molar-refractivity contribution in [3.63, 3.8) is 0 Å². The lowest BCUT2D eigenvalue weighted by Crippen LogP contribution is -2.14. The first-order chi connectivity index (χ1) is 22.1. The van der Waals surface area contributed by atoms with Gasteiger partial charge in [-0.3, -0.25) is 0 Å². The van der Waals surface area contributed by atoms with Gasteiger partial charge in [0, 0.05) is 5.41 Å². The van der Waals surface area contributed by atoms with Crippen LogP contribution >= 0.6 is 0 Å². The normalized spacial score (nSPS) is 13.7. The smallest absolute Gasteiger partial charge is 0.0159 e. The Kier molecular flexibility index (Phi) is 4.88. The molecule has 0 amide bonds. The minimum Gasteiger partial charge on any atom is -0.0616 e. The summed E-state index contributed by atoms with van der Waals surface area (Å²) in [5.74, 6) is 0. The molecule has 1 aliphatic rings. The predicted octanol–water partition coefficient (Wildman–Crippen LogP) is 12.5. The van der Waals surface area contributed by atoms with Crippen LogP contribution in [-0.2, 0) is 5.41 Å². The van der Waals surface area contributed by atoms with Crippen LogP contribution < -0.4 is 0 Å². The van der Waals surface area contributed by atoms with Crippen LogP contribution in [0.3, 0.4) is 0 Å². The van der Waals surface area contributed by atoms with Crippen LogP contribution in [0.4, 0.5) is 0 Å². The van der Waals surface area contributed by atoms with Crippen LogP contribution in [-0.4, -0.2) is 0 Å². The topological polar surface area (TPSA) is 0 Å². The minimum absolute atomic E-state index is 0.0704. The van der Waals surface area contributed by atoms with Gasteiger partial charge in [-0.25, -0.2) is 0 Å². The van der Waals surface area contributed by atoms with Crippen LogP contribution in [0.15, 0.2) is 146 Å². The molecule has 10 rings (SSSR count). The standard InChI is InChI=1S/C45H30/c1-45(2)40-23-19-33(35-20-17-30-15-14-28-9-5-10-29-18-21-38(35)43(30)42(28)29)26-39(40)44-37-12-6-11-34(36(37)22-24-41(44)45)32-16-13-27-7-3-4-8-31(27)25-32/h3-26H,1-2H3. The molecule has 0 heteroatoms. The van der Waals surface area contributed by atoms with E-state index in [-0.39, 0.29) is 5.41 Å². The Morgan fingerprint density at radius 2 is 0.956 bits per heavy atom. The molecule has 0 heterocycles. The Bertz CT molecular complexity index is 2650. The van der Waals surface area contributed by atoms with Gasteiger partial charge in [-0.15, -0.1) is 0 Å². The maximum Gasteiger partial charge on any atom is 0.0159 e. The fraction of sp³-hybridized carbons (Fsp3) is 0.0667. The molecule has 0 N–H and O–H groups in total. The minimum atomic E-state index is -0.0704. The van der Waals surface area contributed by atoms with Gasteiger partial charge in [0.1, 0.15) is 0 Å². The molecule has 0 atom stereocenters. The highest BCUT2D eigenvalue weighted by atomic mass is 14.4. The van der Waals surface area contributed by atoms with Crippen molar-refractivity contribution in [2.24, 2.45) is 0 Å². The van der Waals surface area contributed by atoms with E-state index < -0.39 is 0 Å². The van der Waals surface area contributed by atoms with E-state index in [4.69, 9.17) is 0 Å². The maximum atomic E-state index is 2.47. The first-order valence-electron chi connectivity index (χ1n) is 15.9. The molecule has 9 aromatic carbocycles. The molecule has 0 nitrogen and oxygen atoms in total. The zero-order valence-electron chi connectivity index (χ0n) is 25.4. The summed E-state index contributed by atoms with van der Waals surface area (Å²) in [7, 11) is 0. The van der Waals surface area contributed by atoms with E-state index in [1.165, 1.54) is 98.4 Å². The van der Waals surface area contributed by atoms with Crippen LogP contribution in [0.1, 0.15) is 25.0 Å². The summed E-state index contributed by atoms with van der Waals surface area (Å²) in [4.78, 5) is 0. The van der Waals surface area contributed by atoms with Gasteiger partial charge in [-0.1, -0.05) is 147 Å². The second kappa shape index (κ2) is 8.80. The predicted molar refractivity (Wildman–Crippen MR) is 194 cm³/mol. The molecule has 0 aliphatic heterocycles. The highest BCUT2D eigenvalue weighted by Gasteiger charge is 2.36. The highest BCUT2D eigenvalue weighted by molar-refractivity contribution is 6.25. The van der Waals surface area contributed by atoms with E-state index in [9.17, 15) is 0 Å². The van der Waals surface area contributed by atoms with Crippen molar-refractivity contribution in [1.29, 1.82) is 0 Å². The zero-order valence-corrected chi connectivity index (χ0v) is 25.4. The summed E-state index contributed by atoms with van der Waals surface area (Å²) in [6.07, 6.45) is 0. The summed E-state index contributed by atoms with van der Waals surface area (Å²) < 4.78 is 0. The van der Waals surface area contributed by atoms with Gasteiger partial charge in [0.25, 0.3) is 0 Å². The van der Waals surface area contributed by atoms with Crippen molar-refractivity contribution in [1.82, 2.24) is 0 Å². The van der Waals surface area contributed by atoms with Crippen molar-refractivity contribution in [2.45, 2.75) is 19.3 Å². The molecule has 210 valence electrons. The fourth-order valence-corrected chi connectivity index (χ4v) is 8.37. The third kappa shape index (κ3) is 3.37. The lowest BCUT2D eigenvalue weighted by Gasteiger charge is -2.22. The van der Waals surface area contributed by atoms with Crippen molar-refractivity contribution in [3.8, 4) is 33.4 Å². The first kappa shape index (κ1) is 24.9. The number of benzene rings is 9. The second-order valence-electron chi connectivity index (χ2n) is 13.3. The third-order valence-corrected chi connectivity index (χ3v) is 10.6. The van der Waals surface area contributed by atoms with E-state index in [1.807, 2.05) is 0 Å². The van der Waals surface area contributed by atoms with E-state index in [2.05, 4.69) is 159 Å². The monoisotopic (exact) mass is 570 g/mol.